The van der Waals surface area contributed by atoms with E-state index < -0.39 is 48.2 Å². The second-order valence-electron chi connectivity index (χ2n) is 9.32. The quantitative estimate of drug-likeness (QED) is 0.402. The molecule has 0 heterocycles. The van der Waals surface area contributed by atoms with Gasteiger partial charge in [0.1, 0.15) is 24.2 Å². The Morgan fingerprint density at radius 3 is 2.34 bits per heavy atom. The van der Waals surface area contributed by atoms with Crippen molar-refractivity contribution in [1.82, 2.24) is 15.5 Å². The van der Waals surface area contributed by atoms with Crippen molar-refractivity contribution >= 4 is 23.9 Å². The highest BCUT2D eigenvalue weighted by atomic mass is 16.6. The Balaban J connectivity index is 3.44. The Kier molecular flexibility index (Phi) is 11.7. The fourth-order valence-electron chi connectivity index (χ4n) is 3.36. The SMILES string of the molecule is CCCCN(C(=O)C(CO)NC(=O)OC(C)(C)C)C(C(=O)NCC(=O)OC)c1cc(C)ccc1C. The van der Waals surface area contributed by atoms with E-state index in [-0.39, 0.29) is 13.1 Å². The molecule has 1 rings (SSSR count). The summed E-state index contributed by atoms with van der Waals surface area (Å²) >= 11 is 0. The number of nitrogens with zero attached hydrogens (tertiary/aromatic N) is 1. The van der Waals surface area contributed by atoms with Crippen LogP contribution in [0.25, 0.3) is 0 Å². The Hall–Kier alpha value is -3.14. The van der Waals surface area contributed by atoms with Gasteiger partial charge in [-0.15, -0.1) is 0 Å². The Morgan fingerprint density at radius 2 is 1.80 bits per heavy atom. The van der Waals surface area contributed by atoms with E-state index in [1.54, 1.807) is 26.8 Å². The number of carbonyl (C=O) groups is 4. The standard InChI is InChI=1S/C25H39N3O7/c1-8-9-12-28(23(32)19(15-29)27-24(33)35-25(4,5)6)21(22(31)26-14-20(30)34-7)18-13-16(2)10-11-17(18)3/h10-11,13,19,21,29H,8-9,12,14-15H2,1-7H3,(H,26,31)(H,27,33). The fourth-order valence-corrected chi connectivity index (χ4v) is 3.36. The minimum absolute atomic E-state index is 0.186. The zero-order chi connectivity index (χ0) is 26.8. The maximum atomic E-state index is 13.6. The summed E-state index contributed by atoms with van der Waals surface area (Å²) in [5.74, 6) is -1.86. The van der Waals surface area contributed by atoms with Crippen LogP contribution in [0.5, 0.6) is 0 Å². The molecule has 0 spiro atoms. The maximum Gasteiger partial charge on any atom is 0.408 e. The number of hydrogen-bond donors (Lipinski definition) is 3. The number of aliphatic hydroxyl groups excluding tert-OH is 1. The minimum Gasteiger partial charge on any atom is -0.468 e. The Morgan fingerprint density at radius 1 is 1.14 bits per heavy atom. The highest BCUT2D eigenvalue weighted by molar-refractivity contribution is 5.93. The van der Waals surface area contributed by atoms with Crippen molar-refractivity contribution in [3.63, 3.8) is 0 Å². The first-order chi connectivity index (χ1) is 16.3. The topological polar surface area (TPSA) is 134 Å². The van der Waals surface area contributed by atoms with E-state index in [1.807, 2.05) is 32.9 Å². The average molecular weight is 494 g/mol. The third kappa shape index (κ3) is 9.56. The first kappa shape index (κ1) is 29.9. The number of hydrogen-bond acceptors (Lipinski definition) is 7. The lowest BCUT2D eigenvalue weighted by Crippen LogP contribution is -2.55. The molecular weight excluding hydrogens is 454 g/mol. The summed E-state index contributed by atoms with van der Waals surface area (Å²) in [6.07, 6.45) is 0.442. The van der Waals surface area contributed by atoms with Gasteiger partial charge in [0.05, 0.1) is 13.7 Å². The molecule has 2 atom stereocenters. The molecule has 0 aliphatic carbocycles. The fraction of sp³-hybridized carbons (Fsp3) is 0.600. The van der Waals surface area contributed by atoms with Gasteiger partial charge in [-0.1, -0.05) is 37.1 Å². The summed E-state index contributed by atoms with van der Waals surface area (Å²) in [4.78, 5) is 52.3. The molecule has 196 valence electrons. The van der Waals surface area contributed by atoms with Crippen molar-refractivity contribution in [3.05, 3.63) is 34.9 Å². The van der Waals surface area contributed by atoms with Crippen LogP contribution in [0.3, 0.4) is 0 Å². The molecule has 1 aromatic carbocycles. The number of ether oxygens (including phenoxy) is 2. The van der Waals surface area contributed by atoms with Gasteiger partial charge in [0.2, 0.25) is 11.8 Å². The largest absolute Gasteiger partial charge is 0.468 e. The van der Waals surface area contributed by atoms with E-state index in [9.17, 15) is 24.3 Å². The smallest absolute Gasteiger partial charge is 0.408 e. The van der Waals surface area contributed by atoms with Crippen LogP contribution in [0.1, 0.15) is 63.3 Å². The van der Waals surface area contributed by atoms with Crippen molar-refractivity contribution in [2.24, 2.45) is 0 Å². The van der Waals surface area contributed by atoms with Crippen molar-refractivity contribution in [3.8, 4) is 0 Å². The van der Waals surface area contributed by atoms with Crippen LogP contribution in [-0.2, 0) is 23.9 Å². The molecule has 0 aliphatic heterocycles. The summed E-state index contributed by atoms with van der Waals surface area (Å²) in [5, 5.41) is 14.9. The molecule has 0 bridgehead atoms. The van der Waals surface area contributed by atoms with Gasteiger partial charge >= 0.3 is 12.1 Å². The van der Waals surface area contributed by atoms with Crippen LogP contribution in [0, 0.1) is 13.8 Å². The number of esters is 1. The molecule has 3 amide bonds. The number of benzene rings is 1. The van der Waals surface area contributed by atoms with Gasteiger partial charge in [-0.25, -0.2) is 4.79 Å². The zero-order valence-corrected chi connectivity index (χ0v) is 21.8. The Bertz CT molecular complexity index is 896. The lowest BCUT2D eigenvalue weighted by molar-refractivity contribution is -0.145. The summed E-state index contributed by atoms with van der Waals surface area (Å²) < 4.78 is 9.84. The van der Waals surface area contributed by atoms with E-state index in [4.69, 9.17) is 4.74 Å². The monoisotopic (exact) mass is 493 g/mol. The van der Waals surface area contributed by atoms with Gasteiger partial charge in [0.25, 0.3) is 0 Å². The molecule has 1 aromatic rings. The average Bonchev–Trinajstić information content (AvgIpc) is 2.78. The van der Waals surface area contributed by atoms with Gasteiger partial charge < -0.3 is 30.1 Å². The van der Waals surface area contributed by atoms with Crippen molar-refractivity contribution in [1.29, 1.82) is 0 Å². The van der Waals surface area contributed by atoms with Gasteiger partial charge in [0.15, 0.2) is 0 Å². The van der Waals surface area contributed by atoms with E-state index in [0.29, 0.717) is 12.0 Å². The van der Waals surface area contributed by atoms with E-state index in [2.05, 4.69) is 15.4 Å². The summed E-state index contributed by atoms with van der Waals surface area (Å²) in [7, 11) is 1.21. The lowest BCUT2D eigenvalue weighted by Gasteiger charge is -2.34. The molecule has 0 aromatic heterocycles. The number of amides is 3. The van der Waals surface area contributed by atoms with Gasteiger partial charge in [-0.05, 0) is 52.2 Å². The number of aryl methyl sites for hydroxylation is 2. The molecule has 0 radical (unpaired) electrons. The van der Waals surface area contributed by atoms with Crippen molar-refractivity contribution in [2.75, 3.05) is 26.8 Å². The van der Waals surface area contributed by atoms with Crippen LogP contribution in [0.15, 0.2) is 18.2 Å². The van der Waals surface area contributed by atoms with Crippen LogP contribution >= 0.6 is 0 Å². The number of rotatable bonds is 11. The lowest BCUT2D eigenvalue weighted by atomic mass is 9.96. The molecule has 2 unspecified atom stereocenters. The van der Waals surface area contributed by atoms with E-state index >= 15 is 0 Å². The van der Waals surface area contributed by atoms with E-state index in [1.165, 1.54) is 12.0 Å². The molecule has 0 aliphatic rings. The maximum absolute atomic E-state index is 13.6. The summed E-state index contributed by atoms with van der Waals surface area (Å²) in [6, 6.07) is 3.10. The number of carbonyl (C=O) groups excluding carboxylic acids is 4. The van der Waals surface area contributed by atoms with Gasteiger partial charge in [-0.2, -0.15) is 0 Å². The number of unbranched alkanes of at least 4 members (excludes halogenated alkanes) is 1. The molecule has 35 heavy (non-hydrogen) atoms. The van der Waals surface area contributed by atoms with Crippen LogP contribution in [0.2, 0.25) is 0 Å². The van der Waals surface area contributed by atoms with E-state index in [0.717, 1.165) is 17.5 Å². The molecule has 3 N–H and O–H groups in total. The minimum atomic E-state index is -1.33. The van der Waals surface area contributed by atoms with Crippen molar-refractivity contribution < 1.29 is 33.8 Å². The Labute approximate surface area is 207 Å². The van der Waals surface area contributed by atoms with Crippen LogP contribution in [-0.4, -0.2) is 72.3 Å². The van der Waals surface area contributed by atoms with Crippen molar-refractivity contribution in [2.45, 2.75) is 72.1 Å². The first-order valence-electron chi connectivity index (χ1n) is 11.7. The summed E-state index contributed by atoms with van der Waals surface area (Å²) in [5.41, 5.74) is 1.42. The molecule has 0 saturated heterocycles. The number of alkyl carbamates (subject to hydrolysis) is 1. The highest BCUT2D eigenvalue weighted by Gasteiger charge is 2.36. The van der Waals surface area contributed by atoms with Gasteiger partial charge in [0, 0.05) is 6.54 Å². The number of aliphatic hydroxyl groups is 1. The molecule has 10 nitrogen and oxygen atoms in total. The highest BCUT2D eigenvalue weighted by Crippen LogP contribution is 2.27. The normalized spacial score (nSPS) is 12.8. The second kappa shape index (κ2) is 13.7. The van der Waals surface area contributed by atoms with Crippen LogP contribution < -0.4 is 10.6 Å². The molecule has 10 heteroatoms. The van der Waals surface area contributed by atoms with Gasteiger partial charge in [-0.3, -0.25) is 14.4 Å². The number of methoxy groups -OCH3 is 1. The van der Waals surface area contributed by atoms with Crippen LogP contribution in [0.4, 0.5) is 4.79 Å². The zero-order valence-electron chi connectivity index (χ0n) is 21.8. The third-order valence-electron chi connectivity index (χ3n) is 5.13. The second-order valence-corrected chi connectivity index (χ2v) is 9.32. The predicted molar refractivity (Wildman–Crippen MR) is 131 cm³/mol. The first-order valence-corrected chi connectivity index (χ1v) is 11.7. The predicted octanol–water partition coefficient (Wildman–Crippen LogP) is 2.15. The summed E-state index contributed by atoms with van der Waals surface area (Å²) in [6.45, 7) is 9.79. The molecular formula is C25H39N3O7. The molecule has 0 fully saturated rings. The third-order valence-corrected chi connectivity index (χ3v) is 5.13. The number of nitrogens with one attached hydrogen (secondary N) is 2. The molecule has 0 saturated carbocycles.